The molecule has 6 aliphatic rings. The standard InChI is InChI=1S/C46H66N4O20S2/c1-41(2)61-29-37(67-41)45(39-33(27-63-45)65-43(5,6)69-39)59-25-15-13-21-47(71(55,56)35-19-11-9-17-31(35)49(51)52)23-24-48(72(57,58)36-20-12-10-18-32(36)50(53)54)22-14-16-26-60-46(38-30-62-42(3,4)68-38)40-34(28-64-46)66-44(7,8)70-40/h9-12,17-20,33-34,37-40H,13-16,21-30H2,1-8H3/t33-,34-,37+,38+,39+,40+,45+,46+/m0/s1. The number of sulfonamides is 2. The third-order valence-corrected chi connectivity index (χ3v) is 17.1. The van der Waals surface area contributed by atoms with Crippen molar-refractivity contribution in [2.24, 2.45) is 0 Å². The average Bonchev–Trinajstić information content (AvgIpc) is 4.15. The first-order valence-corrected chi connectivity index (χ1v) is 27.0. The molecule has 72 heavy (non-hydrogen) atoms. The van der Waals surface area contributed by atoms with Gasteiger partial charge >= 0.3 is 0 Å². The highest BCUT2D eigenvalue weighted by atomic mass is 32.2. The lowest BCUT2D eigenvalue weighted by atomic mass is 10.0. The Labute approximate surface area is 419 Å². The summed E-state index contributed by atoms with van der Waals surface area (Å²) in [5, 5.41) is 24.4. The highest BCUT2D eigenvalue weighted by Crippen LogP contribution is 2.48. The number of nitrogens with zero attached hydrogens (tertiary/aromatic N) is 4. The fraction of sp³-hybridized carbons (Fsp3) is 0.739. The van der Waals surface area contributed by atoms with Crippen molar-refractivity contribution in [2.75, 3.05) is 65.8 Å². The van der Waals surface area contributed by atoms with Crippen molar-refractivity contribution in [2.45, 2.75) is 162 Å². The van der Waals surface area contributed by atoms with E-state index in [1.165, 1.54) is 24.3 Å². The second-order valence-electron chi connectivity index (χ2n) is 20.3. The molecule has 0 bridgehead atoms. The quantitative estimate of drug-likeness (QED) is 0.0837. The number of fused-ring (bicyclic) bond motifs is 2. The highest BCUT2D eigenvalue weighted by Gasteiger charge is 2.67. The fourth-order valence-electron chi connectivity index (χ4n) is 10.0. The summed E-state index contributed by atoms with van der Waals surface area (Å²) in [6.07, 6.45) is -3.06. The van der Waals surface area contributed by atoms with Crippen LogP contribution in [0.5, 0.6) is 0 Å². The fourth-order valence-corrected chi connectivity index (χ4v) is 13.3. The van der Waals surface area contributed by atoms with Crippen LogP contribution in [0.2, 0.25) is 0 Å². The number of nitro groups is 2. The minimum Gasteiger partial charge on any atom is -0.348 e. The van der Waals surface area contributed by atoms with Crippen molar-refractivity contribution in [1.82, 2.24) is 8.61 Å². The van der Waals surface area contributed by atoms with Crippen LogP contribution >= 0.6 is 0 Å². The van der Waals surface area contributed by atoms with E-state index in [4.69, 9.17) is 56.8 Å². The number of hydrogen-bond acceptors (Lipinski definition) is 20. The minimum atomic E-state index is -4.70. The van der Waals surface area contributed by atoms with Crippen LogP contribution in [-0.4, -0.2) is 172 Å². The number of hydrogen-bond donors (Lipinski definition) is 0. The second-order valence-corrected chi connectivity index (χ2v) is 24.1. The molecule has 0 amide bonds. The summed E-state index contributed by atoms with van der Waals surface area (Å²) in [4.78, 5) is 21.5. The van der Waals surface area contributed by atoms with Crippen molar-refractivity contribution in [3.8, 4) is 0 Å². The van der Waals surface area contributed by atoms with Crippen LogP contribution in [0.3, 0.4) is 0 Å². The van der Waals surface area contributed by atoms with E-state index >= 15 is 0 Å². The molecule has 0 aromatic heterocycles. The van der Waals surface area contributed by atoms with E-state index in [1.54, 1.807) is 55.4 Å². The van der Waals surface area contributed by atoms with Crippen LogP contribution < -0.4 is 0 Å². The largest absolute Gasteiger partial charge is 0.348 e. The predicted molar refractivity (Wildman–Crippen MR) is 249 cm³/mol. The highest BCUT2D eigenvalue weighted by molar-refractivity contribution is 7.89. The summed E-state index contributed by atoms with van der Waals surface area (Å²) in [5.74, 6) is -6.65. The van der Waals surface area contributed by atoms with Crippen LogP contribution in [0, 0.1) is 20.2 Å². The Morgan fingerprint density at radius 3 is 1.24 bits per heavy atom. The Hall–Kier alpha value is -3.42. The predicted octanol–water partition coefficient (Wildman–Crippen LogP) is 4.57. The third-order valence-electron chi connectivity index (χ3n) is 13.2. The van der Waals surface area contributed by atoms with Gasteiger partial charge < -0.3 is 56.8 Å². The first-order valence-electron chi connectivity index (χ1n) is 24.1. The normalized spacial score (nSPS) is 31.4. The summed E-state index contributed by atoms with van der Waals surface area (Å²) in [6.45, 7) is 13.2. The van der Waals surface area contributed by atoms with E-state index in [9.17, 15) is 37.1 Å². The number of para-hydroxylation sites is 2. The average molecular weight is 1060 g/mol. The van der Waals surface area contributed by atoms with Crippen LogP contribution in [-0.2, 0) is 76.9 Å². The molecule has 402 valence electrons. The summed E-state index contributed by atoms with van der Waals surface area (Å²) in [6, 6.07) is 9.70. The number of ether oxygens (including phenoxy) is 12. The van der Waals surface area contributed by atoms with E-state index in [1.807, 2.05) is 0 Å². The van der Waals surface area contributed by atoms with Crippen LogP contribution in [0.1, 0.15) is 81.1 Å². The molecule has 0 aliphatic carbocycles. The maximum atomic E-state index is 14.6. The molecule has 0 unspecified atom stereocenters. The zero-order valence-electron chi connectivity index (χ0n) is 41.8. The van der Waals surface area contributed by atoms with Gasteiger partial charge in [-0.3, -0.25) is 20.2 Å². The monoisotopic (exact) mass is 1060 g/mol. The number of nitro benzene ring substituents is 2. The third kappa shape index (κ3) is 11.2. The Morgan fingerprint density at radius 2 is 0.889 bits per heavy atom. The number of benzene rings is 2. The molecular weight excluding hydrogens is 993 g/mol. The molecule has 8 atom stereocenters. The maximum absolute atomic E-state index is 14.6. The Morgan fingerprint density at radius 1 is 0.514 bits per heavy atom. The van der Waals surface area contributed by atoms with Gasteiger partial charge in [-0.2, -0.15) is 8.61 Å². The lowest BCUT2D eigenvalue weighted by Gasteiger charge is -2.38. The van der Waals surface area contributed by atoms with Gasteiger partial charge in [0.25, 0.3) is 11.4 Å². The molecule has 6 saturated heterocycles. The van der Waals surface area contributed by atoms with E-state index in [0.29, 0.717) is 0 Å². The smallest absolute Gasteiger partial charge is 0.289 e. The van der Waals surface area contributed by atoms with Crippen LogP contribution in [0.25, 0.3) is 0 Å². The first kappa shape index (κ1) is 54.8. The lowest BCUT2D eigenvalue weighted by Crippen LogP contribution is -2.56. The van der Waals surface area contributed by atoms with Gasteiger partial charge in [-0.25, -0.2) is 16.8 Å². The van der Waals surface area contributed by atoms with Gasteiger partial charge in [0.1, 0.15) is 36.6 Å². The molecule has 0 N–H and O–H groups in total. The topological polar surface area (TPSA) is 272 Å². The second kappa shape index (κ2) is 20.6. The lowest BCUT2D eigenvalue weighted by molar-refractivity contribution is -0.388. The van der Waals surface area contributed by atoms with E-state index in [-0.39, 0.29) is 78.4 Å². The Balaban J connectivity index is 1.01. The van der Waals surface area contributed by atoms with E-state index in [2.05, 4.69) is 0 Å². The van der Waals surface area contributed by atoms with Crippen molar-refractivity contribution in [1.29, 1.82) is 0 Å². The zero-order valence-corrected chi connectivity index (χ0v) is 43.4. The van der Waals surface area contributed by atoms with E-state index in [0.717, 1.165) is 32.9 Å². The molecule has 2 aromatic carbocycles. The number of rotatable bonds is 23. The van der Waals surface area contributed by atoms with Crippen LogP contribution in [0.4, 0.5) is 11.4 Å². The molecule has 6 heterocycles. The molecule has 26 heteroatoms. The summed E-state index contributed by atoms with van der Waals surface area (Å²) in [5.41, 5.74) is -1.36. The molecule has 0 spiro atoms. The van der Waals surface area contributed by atoms with Crippen molar-refractivity contribution in [3.63, 3.8) is 0 Å². The number of unbranched alkanes of at least 4 members (excludes halogenated alkanes) is 2. The van der Waals surface area contributed by atoms with Gasteiger partial charge in [0, 0.05) is 38.3 Å². The summed E-state index contributed by atoms with van der Waals surface area (Å²) >= 11 is 0. The SMILES string of the molecule is CC1(C)O[C@H]2CO[C@](OCCCCN(CCN(CCCCO[C@]3([C@H]4COC(C)(C)O4)OC[C@@H]4OC(C)(C)O[C@H]43)S(=O)(=O)c3ccccc3[N+](=O)[O-])S(=O)(=O)c3ccccc3[N+](=O)[O-])([C@H]3COC(C)(C)O3)[C@@H]2O1. The van der Waals surface area contributed by atoms with Gasteiger partial charge in [-0.05, 0) is 93.2 Å². The van der Waals surface area contributed by atoms with Gasteiger partial charge in [-0.1, -0.05) is 24.3 Å². The van der Waals surface area contributed by atoms with Crippen molar-refractivity contribution < 1.29 is 83.5 Å². The first-order chi connectivity index (χ1) is 33.7. The molecule has 0 radical (unpaired) electrons. The summed E-state index contributed by atoms with van der Waals surface area (Å²) < 4.78 is 135. The Kier molecular flexibility index (Phi) is 15.7. The molecule has 0 saturated carbocycles. The van der Waals surface area contributed by atoms with Gasteiger partial charge in [0.05, 0.1) is 49.5 Å². The Bertz CT molecular complexity index is 2360. The van der Waals surface area contributed by atoms with Crippen molar-refractivity contribution in [3.05, 3.63) is 68.8 Å². The van der Waals surface area contributed by atoms with Crippen molar-refractivity contribution >= 4 is 31.4 Å². The van der Waals surface area contributed by atoms with Crippen LogP contribution in [0.15, 0.2) is 58.3 Å². The maximum Gasteiger partial charge on any atom is 0.289 e. The molecule has 24 nitrogen and oxygen atoms in total. The molecule has 8 rings (SSSR count). The van der Waals surface area contributed by atoms with Gasteiger partial charge in [0.15, 0.2) is 32.9 Å². The molecule has 2 aromatic rings. The van der Waals surface area contributed by atoms with Gasteiger partial charge in [0.2, 0.25) is 31.6 Å². The molecule has 6 fully saturated rings. The molecular formula is C46H66N4O20S2. The van der Waals surface area contributed by atoms with E-state index < -0.39 is 135 Å². The zero-order chi connectivity index (χ0) is 52.1. The molecule has 6 aliphatic heterocycles. The summed E-state index contributed by atoms with van der Waals surface area (Å²) in [7, 11) is -9.40. The minimum absolute atomic E-state index is 0.00914. The van der Waals surface area contributed by atoms with Gasteiger partial charge in [-0.15, -0.1) is 0 Å².